The van der Waals surface area contributed by atoms with Gasteiger partial charge in [-0.2, -0.15) is 0 Å². The van der Waals surface area contributed by atoms with Gasteiger partial charge in [-0.15, -0.1) is 0 Å². The van der Waals surface area contributed by atoms with Gasteiger partial charge in [0.2, 0.25) is 11.8 Å². The van der Waals surface area contributed by atoms with E-state index in [4.69, 9.17) is 11.6 Å². The minimum atomic E-state index is -2.52. The van der Waals surface area contributed by atoms with Crippen molar-refractivity contribution >= 4 is 29.1 Å². The second-order valence-corrected chi connectivity index (χ2v) is 9.51. The highest BCUT2D eigenvalue weighted by Gasteiger charge is 2.53. The molecule has 0 atom stereocenters. The lowest BCUT2D eigenvalue weighted by Crippen LogP contribution is -2.60. The Morgan fingerprint density at radius 3 is 2.37 bits per heavy atom. The lowest BCUT2D eigenvalue weighted by atomic mass is 9.65. The Bertz CT molecular complexity index is 811. The van der Waals surface area contributed by atoms with Crippen LogP contribution in [0.1, 0.15) is 38.5 Å². The van der Waals surface area contributed by atoms with Crippen molar-refractivity contribution in [1.82, 2.24) is 10.2 Å². The molecule has 30 heavy (non-hydrogen) atoms. The average molecular weight is 444 g/mol. The Hall–Kier alpha value is -1.80. The first-order valence-electron chi connectivity index (χ1n) is 10.3. The first-order chi connectivity index (χ1) is 14.2. The molecule has 0 bridgehead atoms. The van der Waals surface area contributed by atoms with Crippen molar-refractivity contribution in [2.24, 2.45) is 11.3 Å². The first kappa shape index (κ1) is 21.4. The van der Waals surface area contributed by atoms with E-state index < -0.39 is 17.8 Å². The number of carbonyl (C=O) groups is 2. The number of carbonyl (C=O) groups excluding carboxylic acids is 2. The molecule has 1 heterocycles. The molecule has 4 rings (SSSR count). The van der Waals surface area contributed by atoms with Gasteiger partial charge >= 0.3 is 0 Å². The standard InChI is InChI=1S/C21H25ClF3N3O2/c22-14-7-15(23)9-16(8-14)26-18(30)13-1-3-20(4-2-13)11-28(12-20)10-17(29)27-21(5-6-21)19(24)25/h7-9,13,19H,1-6,10-12H2,(H,26,30)(H,27,29). The van der Waals surface area contributed by atoms with Crippen molar-refractivity contribution in [3.63, 3.8) is 0 Å². The summed E-state index contributed by atoms with van der Waals surface area (Å²) < 4.78 is 39.3. The molecule has 1 aromatic rings. The molecule has 1 aromatic carbocycles. The number of hydrogen-bond donors (Lipinski definition) is 2. The van der Waals surface area contributed by atoms with Gasteiger partial charge in [-0.3, -0.25) is 14.5 Å². The Morgan fingerprint density at radius 2 is 1.80 bits per heavy atom. The molecule has 1 saturated heterocycles. The molecule has 0 unspecified atom stereocenters. The van der Waals surface area contributed by atoms with Gasteiger partial charge in [0.1, 0.15) is 11.4 Å². The van der Waals surface area contributed by atoms with E-state index in [-0.39, 0.29) is 34.7 Å². The Morgan fingerprint density at radius 1 is 1.13 bits per heavy atom. The Kier molecular flexibility index (Phi) is 5.74. The third-order valence-electron chi connectivity index (χ3n) is 6.63. The highest BCUT2D eigenvalue weighted by atomic mass is 35.5. The maximum atomic E-state index is 13.4. The summed E-state index contributed by atoms with van der Waals surface area (Å²) in [4.78, 5) is 26.6. The molecule has 2 amide bonds. The van der Waals surface area contributed by atoms with Gasteiger partial charge in [-0.05, 0) is 62.1 Å². The minimum Gasteiger partial charge on any atom is -0.344 e. The zero-order valence-electron chi connectivity index (χ0n) is 16.5. The van der Waals surface area contributed by atoms with Crippen molar-refractivity contribution in [2.45, 2.75) is 50.5 Å². The van der Waals surface area contributed by atoms with E-state index in [1.165, 1.54) is 18.2 Å². The zero-order valence-corrected chi connectivity index (χ0v) is 17.3. The van der Waals surface area contributed by atoms with Crippen LogP contribution in [0, 0.1) is 17.2 Å². The summed E-state index contributed by atoms with van der Waals surface area (Å²) in [5.41, 5.74) is -0.848. The van der Waals surface area contributed by atoms with E-state index in [2.05, 4.69) is 10.6 Å². The summed E-state index contributed by atoms with van der Waals surface area (Å²) in [5, 5.41) is 5.46. The van der Waals surface area contributed by atoms with Gasteiger partial charge in [0, 0.05) is 29.7 Å². The molecule has 9 heteroatoms. The van der Waals surface area contributed by atoms with E-state index in [1.54, 1.807) is 0 Å². The van der Waals surface area contributed by atoms with Crippen LogP contribution in [0.3, 0.4) is 0 Å². The van der Waals surface area contributed by atoms with Crippen molar-refractivity contribution in [3.05, 3.63) is 29.0 Å². The second-order valence-electron chi connectivity index (χ2n) is 9.07. The largest absolute Gasteiger partial charge is 0.344 e. The van der Waals surface area contributed by atoms with Gasteiger partial charge in [0.05, 0.1) is 6.54 Å². The molecule has 1 spiro atoms. The molecule has 5 nitrogen and oxygen atoms in total. The third-order valence-corrected chi connectivity index (χ3v) is 6.85. The number of hydrogen-bond acceptors (Lipinski definition) is 3. The number of amides is 2. The number of anilines is 1. The van der Waals surface area contributed by atoms with Crippen LogP contribution in [0.25, 0.3) is 0 Å². The summed E-state index contributed by atoms with van der Waals surface area (Å²) in [5.74, 6) is -1.12. The number of likely N-dealkylation sites (tertiary alicyclic amines) is 1. The van der Waals surface area contributed by atoms with Crippen LogP contribution in [0.15, 0.2) is 18.2 Å². The predicted molar refractivity (Wildman–Crippen MR) is 107 cm³/mol. The maximum absolute atomic E-state index is 13.4. The fourth-order valence-corrected chi connectivity index (χ4v) is 4.97. The fraction of sp³-hybridized carbons (Fsp3) is 0.619. The van der Waals surface area contributed by atoms with Gasteiger partial charge in [-0.25, -0.2) is 13.2 Å². The van der Waals surface area contributed by atoms with Gasteiger partial charge < -0.3 is 10.6 Å². The van der Waals surface area contributed by atoms with Crippen LogP contribution in [0.4, 0.5) is 18.9 Å². The van der Waals surface area contributed by atoms with E-state index in [9.17, 15) is 22.8 Å². The maximum Gasteiger partial charge on any atom is 0.261 e. The van der Waals surface area contributed by atoms with Gasteiger partial charge in [-0.1, -0.05) is 11.6 Å². The quantitative estimate of drug-likeness (QED) is 0.702. The fourth-order valence-electron chi connectivity index (χ4n) is 4.75. The summed E-state index contributed by atoms with van der Waals surface area (Å²) in [6.45, 7) is 1.63. The molecular formula is C21H25ClF3N3O2. The lowest BCUT2D eigenvalue weighted by Gasteiger charge is -2.53. The van der Waals surface area contributed by atoms with Crippen molar-refractivity contribution in [3.8, 4) is 0 Å². The zero-order chi connectivity index (χ0) is 21.5. The number of nitrogens with zero attached hydrogens (tertiary/aromatic N) is 1. The molecule has 0 radical (unpaired) electrons. The second kappa shape index (κ2) is 8.04. The highest BCUT2D eigenvalue weighted by molar-refractivity contribution is 6.30. The summed E-state index contributed by atoms with van der Waals surface area (Å²) in [6.07, 6.45) is 1.35. The number of halogens is 4. The molecule has 1 aliphatic heterocycles. The summed E-state index contributed by atoms with van der Waals surface area (Å²) in [6, 6.07) is 3.94. The van der Waals surface area contributed by atoms with Crippen molar-refractivity contribution in [2.75, 3.05) is 25.0 Å². The van der Waals surface area contributed by atoms with E-state index in [0.29, 0.717) is 18.5 Å². The predicted octanol–water partition coefficient (Wildman–Crippen LogP) is 3.82. The SMILES string of the molecule is O=C(CN1CC2(CCC(C(=O)Nc3cc(F)cc(Cl)c3)CC2)C1)NC1(C(F)F)CC1. The van der Waals surface area contributed by atoms with Crippen LogP contribution in [0.5, 0.6) is 0 Å². The van der Waals surface area contributed by atoms with Crippen LogP contribution in [-0.2, 0) is 9.59 Å². The Balaban J connectivity index is 1.21. The van der Waals surface area contributed by atoms with Crippen molar-refractivity contribution < 1.29 is 22.8 Å². The monoisotopic (exact) mass is 443 g/mol. The van der Waals surface area contributed by atoms with Crippen LogP contribution < -0.4 is 10.6 Å². The normalized spacial score (nSPS) is 22.6. The minimum absolute atomic E-state index is 0.0964. The van der Waals surface area contributed by atoms with E-state index in [1.807, 2.05) is 4.90 Å². The lowest BCUT2D eigenvalue weighted by molar-refractivity contribution is -0.130. The molecule has 164 valence electrons. The van der Waals surface area contributed by atoms with Crippen molar-refractivity contribution in [1.29, 1.82) is 0 Å². The number of benzene rings is 1. The van der Waals surface area contributed by atoms with Crippen LogP contribution in [-0.4, -0.2) is 48.3 Å². The Labute approximate surface area is 178 Å². The molecular weight excluding hydrogens is 419 g/mol. The highest BCUT2D eigenvalue weighted by Crippen LogP contribution is 2.46. The smallest absolute Gasteiger partial charge is 0.261 e. The summed E-state index contributed by atoms with van der Waals surface area (Å²) in [7, 11) is 0. The van der Waals surface area contributed by atoms with Gasteiger partial charge in [0.15, 0.2) is 0 Å². The van der Waals surface area contributed by atoms with Crippen LogP contribution in [0.2, 0.25) is 5.02 Å². The average Bonchev–Trinajstić information content (AvgIpc) is 3.40. The number of rotatable bonds is 6. The third kappa shape index (κ3) is 4.59. The molecule has 0 aromatic heterocycles. The number of nitrogens with one attached hydrogen (secondary N) is 2. The molecule has 2 N–H and O–H groups in total. The number of alkyl halides is 2. The topological polar surface area (TPSA) is 61.4 Å². The van der Waals surface area contributed by atoms with Crippen LogP contribution >= 0.6 is 11.6 Å². The summed E-state index contributed by atoms with van der Waals surface area (Å²) >= 11 is 5.83. The molecule has 3 fully saturated rings. The molecule has 3 aliphatic rings. The van der Waals surface area contributed by atoms with E-state index in [0.717, 1.165) is 38.8 Å². The molecule has 2 saturated carbocycles. The van der Waals surface area contributed by atoms with Gasteiger partial charge in [0.25, 0.3) is 6.43 Å². The first-order valence-corrected chi connectivity index (χ1v) is 10.7. The van der Waals surface area contributed by atoms with E-state index >= 15 is 0 Å². The molecule has 2 aliphatic carbocycles.